The molecule has 0 bridgehead atoms. The average molecular weight is 403 g/mol. The van der Waals surface area contributed by atoms with Crippen molar-refractivity contribution in [1.29, 1.82) is 0 Å². The van der Waals surface area contributed by atoms with Gasteiger partial charge in [0.05, 0.1) is 11.8 Å². The van der Waals surface area contributed by atoms with Crippen LogP contribution < -0.4 is 15.5 Å². The Morgan fingerprint density at radius 3 is 2.40 bits per heavy atom. The van der Waals surface area contributed by atoms with Crippen molar-refractivity contribution in [2.24, 2.45) is 5.10 Å². The van der Waals surface area contributed by atoms with E-state index in [-0.39, 0.29) is 23.8 Å². The summed E-state index contributed by atoms with van der Waals surface area (Å²) in [7, 11) is 0. The number of carbonyl (C=O) groups excluding carboxylic acids is 2. The molecular formula is C23H21N3O4. The minimum Gasteiger partial charge on any atom is -0.507 e. The summed E-state index contributed by atoms with van der Waals surface area (Å²) in [5, 5.41) is 16.3. The molecular weight excluding hydrogens is 382 g/mol. The van der Waals surface area contributed by atoms with Gasteiger partial charge >= 0.3 is 0 Å². The molecule has 0 aliphatic carbocycles. The lowest BCUT2D eigenvalue weighted by Gasteiger charge is -2.08. The number of para-hydroxylation sites is 1. The lowest BCUT2D eigenvalue weighted by atomic mass is 10.2. The Kier molecular flexibility index (Phi) is 6.78. The smallest absolute Gasteiger partial charge is 0.275 e. The van der Waals surface area contributed by atoms with Gasteiger partial charge in [-0.1, -0.05) is 29.8 Å². The highest BCUT2D eigenvalue weighted by atomic mass is 16.5. The first-order valence-corrected chi connectivity index (χ1v) is 9.22. The number of nitrogens with one attached hydrogen (secondary N) is 2. The van der Waals surface area contributed by atoms with E-state index < -0.39 is 5.91 Å². The highest BCUT2D eigenvalue weighted by Crippen LogP contribution is 2.15. The molecule has 7 heteroatoms. The number of hydrogen-bond acceptors (Lipinski definition) is 5. The van der Waals surface area contributed by atoms with Crippen LogP contribution >= 0.6 is 0 Å². The minimum atomic E-state index is -0.510. The van der Waals surface area contributed by atoms with Gasteiger partial charge in [0.25, 0.3) is 11.8 Å². The molecule has 3 aromatic carbocycles. The maximum Gasteiger partial charge on any atom is 0.275 e. The molecule has 2 amide bonds. The molecule has 3 rings (SSSR count). The zero-order chi connectivity index (χ0) is 21.3. The summed E-state index contributed by atoms with van der Waals surface area (Å²) in [6.45, 7) is 1.86. The predicted molar refractivity (Wildman–Crippen MR) is 115 cm³/mol. The molecule has 0 aromatic heterocycles. The molecule has 3 N–H and O–H groups in total. The summed E-state index contributed by atoms with van der Waals surface area (Å²) < 4.78 is 5.48. The van der Waals surface area contributed by atoms with Gasteiger partial charge in [0, 0.05) is 5.69 Å². The number of aryl methyl sites for hydroxylation is 1. The van der Waals surface area contributed by atoms with Crippen molar-refractivity contribution in [3.63, 3.8) is 0 Å². The Balaban J connectivity index is 1.47. The molecule has 0 fully saturated rings. The van der Waals surface area contributed by atoms with Crippen LogP contribution in [-0.2, 0) is 4.79 Å². The summed E-state index contributed by atoms with van der Waals surface area (Å²) >= 11 is 0. The van der Waals surface area contributed by atoms with Crippen molar-refractivity contribution in [2.45, 2.75) is 6.92 Å². The number of phenols is 1. The van der Waals surface area contributed by atoms with Crippen molar-refractivity contribution in [3.05, 3.63) is 89.5 Å². The van der Waals surface area contributed by atoms with Crippen molar-refractivity contribution in [1.82, 2.24) is 5.43 Å². The quantitative estimate of drug-likeness (QED) is 0.415. The number of amides is 2. The molecule has 30 heavy (non-hydrogen) atoms. The van der Waals surface area contributed by atoms with Crippen molar-refractivity contribution in [3.8, 4) is 11.5 Å². The standard InChI is InChI=1S/C23H21N3O4/c1-16-6-10-18(11-7-16)25-22(28)15-30-19-12-8-17(9-13-19)14-24-26-23(29)20-4-2-3-5-21(20)27/h2-14,27H,15H2,1H3,(H,25,28)(H,26,29)/b24-14-. The van der Waals surface area contributed by atoms with Gasteiger partial charge in [-0.3, -0.25) is 9.59 Å². The highest BCUT2D eigenvalue weighted by molar-refractivity contribution is 5.97. The lowest BCUT2D eigenvalue weighted by molar-refractivity contribution is -0.118. The van der Waals surface area contributed by atoms with E-state index in [0.717, 1.165) is 11.1 Å². The number of hydrogen-bond donors (Lipinski definition) is 3. The minimum absolute atomic E-state index is 0.113. The van der Waals surface area contributed by atoms with E-state index in [2.05, 4.69) is 15.8 Å². The Morgan fingerprint density at radius 2 is 1.70 bits per heavy atom. The third-order valence-corrected chi connectivity index (χ3v) is 4.11. The van der Waals surface area contributed by atoms with Crippen LogP contribution in [0.2, 0.25) is 0 Å². The number of nitrogens with zero attached hydrogens (tertiary/aromatic N) is 1. The summed E-state index contributed by atoms with van der Waals surface area (Å²) in [4.78, 5) is 23.9. The summed E-state index contributed by atoms with van der Waals surface area (Å²) in [5.41, 5.74) is 5.05. The molecule has 0 saturated heterocycles. The molecule has 0 aliphatic heterocycles. The number of phenolic OH excluding ortho intramolecular Hbond substituents is 1. The number of rotatable bonds is 7. The molecule has 0 unspecified atom stereocenters. The van der Waals surface area contributed by atoms with Gasteiger partial charge in [-0.15, -0.1) is 0 Å². The fourth-order valence-corrected chi connectivity index (χ4v) is 2.52. The number of aromatic hydroxyl groups is 1. The Bertz CT molecular complexity index is 1040. The van der Waals surface area contributed by atoms with Crippen LogP contribution in [0.15, 0.2) is 77.9 Å². The van der Waals surface area contributed by atoms with Gasteiger partial charge < -0.3 is 15.2 Å². The lowest BCUT2D eigenvalue weighted by Crippen LogP contribution is -2.20. The molecule has 0 atom stereocenters. The first kappa shape index (κ1) is 20.6. The molecule has 7 nitrogen and oxygen atoms in total. The van der Waals surface area contributed by atoms with Crippen LogP contribution in [0.3, 0.4) is 0 Å². The molecule has 0 heterocycles. The summed E-state index contributed by atoms with van der Waals surface area (Å²) in [6.07, 6.45) is 1.46. The second kappa shape index (κ2) is 9.88. The first-order chi connectivity index (χ1) is 14.5. The second-order valence-electron chi connectivity index (χ2n) is 6.49. The molecule has 0 spiro atoms. The first-order valence-electron chi connectivity index (χ1n) is 9.22. The largest absolute Gasteiger partial charge is 0.507 e. The predicted octanol–water partition coefficient (Wildman–Crippen LogP) is 3.48. The summed E-state index contributed by atoms with van der Waals surface area (Å²) in [6, 6.07) is 20.6. The zero-order valence-electron chi connectivity index (χ0n) is 16.3. The third kappa shape index (κ3) is 5.93. The van der Waals surface area contributed by atoms with E-state index >= 15 is 0 Å². The number of benzene rings is 3. The van der Waals surface area contributed by atoms with E-state index in [1.54, 1.807) is 36.4 Å². The van der Waals surface area contributed by atoms with Crippen LogP contribution in [-0.4, -0.2) is 29.7 Å². The molecule has 0 aliphatic rings. The molecule has 3 aromatic rings. The molecule has 152 valence electrons. The van der Waals surface area contributed by atoms with Crippen LogP contribution in [0.4, 0.5) is 5.69 Å². The Morgan fingerprint density at radius 1 is 1.00 bits per heavy atom. The van der Waals surface area contributed by atoms with E-state index in [4.69, 9.17) is 4.74 Å². The fourth-order valence-electron chi connectivity index (χ4n) is 2.52. The topological polar surface area (TPSA) is 100 Å². The molecule has 0 radical (unpaired) electrons. The van der Waals surface area contributed by atoms with E-state index in [9.17, 15) is 14.7 Å². The van der Waals surface area contributed by atoms with Crippen molar-refractivity contribution >= 4 is 23.7 Å². The van der Waals surface area contributed by atoms with Gasteiger partial charge in [-0.2, -0.15) is 5.10 Å². The Labute approximate surface area is 174 Å². The summed E-state index contributed by atoms with van der Waals surface area (Å²) in [5.74, 6) is -0.345. The van der Waals surface area contributed by atoms with Crippen molar-refractivity contribution < 1.29 is 19.4 Å². The van der Waals surface area contributed by atoms with Crippen molar-refractivity contribution in [2.75, 3.05) is 11.9 Å². The van der Waals surface area contributed by atoms with E-state index in [1.165, 1.54) is 18.3 Å². The van der Waals surface area contributed by atoms with Gasteiger partial charge in [0.1, 0.15) is 11.5 Å². The van der Waals surface area contributed by atoms with Crippen LogP contribution in [0, 0.1) is 6.92 Å². The average Bonchev–Trinajstić information content (AvgIpc) is 2.75. The normalized spacial score (nSPS) is 10.6. The van der Waals surface area contributed by atoms with Gasteiger partial charge in [0.15, 0.2) is 6.61 Å². The van der Waals surface area contributed by atoms with Gasteiger partial charge in [-0.05, 0) is 61.0 Å². The monoisotopic (exact) mass is 403 g/mol. The van der Waals surface area contributed by atoms with Crippen LogP contribution in [0.1, 0.15) is 21.5 Å². The fraction of sp³-hybridized carbons (Fsp3) is 0.0870. The maximum atomic E-state index is 12.0. The number of hydrazone groups is 1. The zero-order valence-corrected chi connectivity index (χ0v) is 16.3. The Hall–Kier alpha value is -4.13. The van der Waals surface area contributed by atoms with Gasteiger partial charge in [0.2, 0.25) is 0 Å². The number of ether oxygens (including phenoxy) is 1. The number of carbonyl (C=O) groups is 2. The maximum absolute atomic E-state index is 12.0. The number of anilines is 1. The van der Waals surface area contributed by atoms with Gasteiger partial charge in [-0.25, -0.2) is 5.43 Å². The van der Waals surface area contributed by atoms with Crippen LogP contribution in [0.5, 0.6) is 11.5 Å². The third-order valence-electron chi connectivity index (χ3n) is 4.11. The SMILES string of the molecule is Cc1ccc(NC(=O)COc2ccc(/C=N\NC(=O)c3ccccc3O)cc2)cc1. The highest BCUT2D eigenvalue weighted by Gasteiger charge is 2.08. The van der Waals surface area contributed by atoms with E-state index in [0.29, 0.717) is 11.4 Å². The second-order valence-corrected chi connectivity index (χ2v) is 6.49. The van der Waals surface area contributed by atoms with Crippen LogP contribution in [0.25, 0.3) is 0 Å². The van der Waals surface area contributed by atoms with E-state index in [1.807, 2.05) is 31.2 Å². The molecule has 0 saturated carbocycles.